The first kappa shape index (κ1) is 17.7. The fourth-order valence-corrected chi connectivity index (χ4v) is 2.67. The predicted molar refractivity (Wildman–Crippen MR) is 80.9 cm³/mol. The predicted octanol–water partition coefficient (Wildman–Crippen LogP) is 5.77. The number of hydrogen-bond donors (Lipinski definition) is 0. The van der Waals surface area contributed by atoms with Crippen molar-refractivity contribution in [2.24, 2.45) is 11.3 Å². The Bertz CT molecular complexity index is 212. The van der Waals surface area contributed by atoms with Gasteiger partial charge in [-0.25, -0.2) is 0 Å². The van der Waals surface area contributed by atoms with Crippen LogP contribution >= 0.6 is 0 Å². The zero-order valence-electron chi connectivity index (χ0n) is 13.3. The summed E-state index contributed by atoms with van der Waals surface area (Å²) in [6.45, 7) is 11.4. The van der Waals surface area contributed by atoms with Crippen LogP contribution in [0.2, 0.25) is 0 Å². The van der Waals surface area contributed by atoms with Crippen LogP contribution in [0.5, 0.6) is 0 Å². The van der Waals surface area contributed by atoms with Gasteiger partial charge < -0.3 is 0 Å². The van der Waals surface area contributed by atoms with Crippen molar-refractivity contribution in [2.75, 3.05) is 0 Å². The van der Waals surface area contributed by atoms with Gasteiger partial charge in [-0.1, -0.05) is 60.3 Å². The number of unbranched alkanes of at least 4 members (excludes halogenated alkanes) is 3. The SMILES string of the molecule is CCCCCCC(=O)CCCC(C)CC(C)(C)C. The van der Waals surface area contributed by atoms with Gasteiger partial charge in [0.05, 0.1) is 0 Å². The van der Waals surface area contributed by atoms with Crippen molar-refractivity contribution in [3.63, 3.8) is 0 Å². The molecule has 0 aromatic carbocycles. The molecule has 0 amide bonds. The van der Waals surface area contributed by atoms with Crippen LogP contribution in [0.1, 0.15) is 92.4 Å². The average Bonchev–Trinajstić information content (AvgIpc) is 2.22. The molecule has 108 valence electrons. The molecular formula is C17H34O. The molecule has 0 radical (unpaired) electrons. The first-order valence-electron chi connectivity index (χ1n) is 7.87. The fourth-order valence-electron chi connectivity index (χ4n) is 2.67. The van der Waals surface area contributed by atoms with Crippen molar-refractivity contribution in [2.45, 2.75) is 92.4 Å². The molecule has 0 saturated carbocycles. The van der Waals surface area contributed by atoms with E-state index in [2.05, 4.69) is 34.6 Å². The lowest BCUT2D eigenvalue weighted by Gasteiger charge is -2.23. The van der Waals surface area contributed by atoms with E-state index in [0.717, 1.165) is 31.6 Å². The van der Waals surface area contributed by atoms with Crippen LogP contribution in [-0.4, -0.2) is 5.78 Å². The minimum atomic E-state index is 0.420. The highest BCUT2D eigenvalue weighted by Gasteiger charge is 2.15. The first-order chi connectivity index (χ1) is 8.35. The number of ketones is 1. The molecule has 18 heavy (non-hydrogen) atoms. The van der Waals surface area contributed by atoms with Crippen LogP contribution in [0.4, 0.5) is 0 Å². The van der Waals surface area contributed by atoms with Gasteiger partial charge in [0.15, 0.2) is 0 Å². The number of rotatable bonds is 10. The maximum Gasteiger partial charge on any atom is 0.132 e. The molecule has 0 saturated heterocycles. The van der Waals surface area contributed by atoms with Gasteiger partial charge in [0, 0.05) is 12.8 Å². The summed E-state index contributed by atoms with van der Waals surface area (Å²) >= 11 is 0. The van der Waals surface area contributed by atoms with E-state index in [1.165, 1.54) is 32.1 Å². The number of Topliss-reactive ketones (excluding diaryl/α,β-unsaturated/α-hetero) is 1. The lowest BCUT2D eigenvalue weighted by atomic mass is 9.83. The third kappa shape index (κ3) is 12.1. The first-order valence-corrected chi connectivity index (χ1v) is 7.87. The van der Waals surface area contributed by atoms with Crippen LogP contribution in [0.3, 0.4) is 0 Å². The van der Waals surface area contributed by atoms with E-state index in [1.54, 1.807) is 0 Å². The van der Waals surface area contributed by atoms with Gasteiger partial charge in [-0.05, 0) is 30.6 Å². The largest absolute Gasteiger partial charge is 0.300 e. The van der Waals surface area contributed by atoms with Crippen molar-refractivity contribution in [1.29, 1.82) is 0 Å². The highest BCUT2D eigenvalue weighted by atomic mass is 16.1. The molecule has 0 aliphatic rings. The number of carbonyl (C=O) groups excluding carboxylic acids is 1. The Kier molecular flexibility index (Phi) is 9.40. The molecule has 0 spiro atoms. The lowest BCUT2D eigenvalue weighted by molar-refractivity contribution is -0.119. The summed E-state index contributed by atoms with van der Waals surface area (Å²) < 4.78 is 0. The van der Waals surface area contributed by atoms with E-state index < -0.39 is 0 Å². The summed E-state index contributed by atoms with van der Waals surface area (Å²) in [6, 6.07) is 0. The quantitative estimate of drug-likeness (QED) is 0.452. The molecule has 1 heteroatoms. The van der Waals surface area contributed by atoms with Gasteiger partial charge in [0.1, 0.15) is 5.78 Å². The van der Waals surface area contributed by atoms with E-state index in [0.29, 0.717) is 11.2 Å². The van der Waals surface area contributed by atoms with Crippen LogP contribution in [0, 0.1) is 11.3 Å². The molecule has 1 nitrogen and oxygen atoms in total. The Morgan fingerprint density at radius 1 is 1.00 bits per heavy atom. The van der Waals surface area contributed by atoms with Crippen molar-refractivity contribution in [3.05, 3.63) is 0 Å². The van der Waals surface area contributed by atoms with Crippen molar-refractivity contribution in [1.82, 2.24) is 0 Å². The van der Waals surface area contributed by atoms with Gasteiger partial charge in [-0.2, -0.15) is 0 Å². The zero-order valence-corrected chi connectivity index (χ0v) is 13.3. The van der Waals surface area contributed by atoms with Crippen LogP contribution in [-0.2, 0) is 4.79 Å². The second-order valence-electron chi connectivity index (χ2n) is 7.11. The molecule has 0 rings (SSSR count). The molecule has 0 heterocycles. The zero-order chi connectivity index (χ0) is 14.0. The Morgan fingerprint density at radius 3 is 2.17 bits per heavy atom. The molecule has 0 N–H and O–H groups in total. The number of carbonyl (C=O) groups is 1. The van der Waals surface area contributed by atoms with E-state index in [-0.39, 0.29) is 0 Å². The van der Waals surface area contributed by atoms with Crippen LogP contribution in [0.15, 0.2) is 0 Å². The highest BCUT2D eigenvalue weighted by molar-refractivity contribution is 5.78. The van der Waals surface area contributed by atoms with Crippen molar-refractivity contribution < 1.29 is 4.79 Å². The Balaban J connectivity index is 3.50. The minimum Gasteiger partial charge on any atom is -0.300 e. The molecule has 0 aromatic rings. The minimum absolute atomic E-state index is 0.420. The summed E-state index contributed by atoms with van der Waals surface area (Å²) in [4.78, 5) is 11.7. The Hall–Kier alpha value is -0.330. The van der Waals surface area contributed by atoms with Crippen LogP contribution < -0.4 is 0 Å². The Labute approximate surface area is 115 Å². The van der Waals surface area contributed by atoms with Gasteiger partial charge in [-0.15, -0.1) is 0 Å². The van der Waals surface area contributed by atoms with Crippen LogP contribution in [0.25, 0.3) is 0 Å². The van der Waals surface area contributed by atoms with Gasteiger partial charge in [0.25, 0.3) is 0 Å². The topological polar surface area (TPSA) is 17.1 Å². The number of hydrogen-bond acceptors (Lipinski definition) is 1. The normalized spacial score (nSPS) is 13.6. The smallest absolute Gasteiger partial charge is 0.132 e. The maximum absolute atomic E-state index is 11.7. The molecular weight excluding hydrogens is 220 g/mol. The Morgan fingerprint density at radius 2 is 1.61 bits per heavy atom. The second kappa shape index (κ2) is 9.58. The van der Waals surface area contributed by atoms with E-state index >= 15 is 0 Å². The third-order valence-corrected chi connectivity index (χ3v) is 3.42. The summed E-state index contributed by atoms with van der Waals surface area (Å²) in [5.41, 5.74) is 0.420. The fraction of sp³-hybridized carbons (Fsp3) is 0.941. The monoisotopic (exact) mass is 254 g/mol. The van der Waals surface area contributed by atoms with Gasteiger partial charge >= 0.3 is 0 Å². The standard InChI is InChI=1S/C17H34O/c1-6-7-8-9-12-16(18)13-10-11-15(2)14-17(3,4)5/h15H,6-14H2,1-5H3. The van der Waals surface area contributed by atoms with E-state index in [1.807, 2.05) is 0 Å². The van der Waals surface area contributed by atoms with Gasteiger partial charge in [0.2, 0.25) is 0 Å². The second-order valence-corrected chi connectivity index (χ2v) is 7.11. The average molecular weight is 254 g/mol. The molecule has 1 unspecified atom stereocenters. The molecule has 1 atom stereocenters. The van der Waals surface area contributed by atoms with Gasteiger partial charge in [-0.3, -0.25) is 4.79 Å². The molecule has 0 bridgehead atoms. The lowest BCUT2D eigenvalue weighted by Crippen LogP contribution is -2.11. The van der Waals surface area contributed by atoms with E-state index in [4.69, 9.17) is 0 Å². The highest BCUT2D eigenvalue weighted by Crippen LogP contribution is 2.27. The molecule has 0 aromatic heterocycles. The summed E-state index contributed by atoms with van der Waals surface area (Å²) in [6.07, 6.45) is 10.0. The maximum atomic E-state index is 11.7. The molecule has 0 fully saturated rings. The summed E-state index contributed by atoms with van der Waals surface area (Å²) in [5, 5.41) is 0. The van der Waals surface area contributed by atoms with E-state index in [9.17, 15) is 4.79 Å². The molecule has 0 aliphatic carbocycles. The van der Waals surface area contributed by atoms with Crippen molar-refractivity contribution >= 4 is 5.78 Å². The molecule has 0 aliphatic heterocycles. The third-order valence-electron chi connectivity index (χ3n) is 3.42. The summed E-state index contributed by atoms with van der Waals surface area (Å²) in [7, 11) is 0. The summed E-state index contributed by atoms with van der Waals surface area (Å²) in [5.74, 6) is 1.23. The van der Waals surface area contributed by atoms with Crippen molar-refractivity contribution in [3.8, 4) is 0 Å².